The first kappa shape index (κ1) is 29.0. The third-order valence-corrected chi connectivity index (χ3v) is 5.32. The molecule has 0 bridgehead atoms. The highest BCUT2D eigenvalue weighted by Crippen LogP contribution is 2.30. The van der Waals surface area contributed by atoms with Crippen molar-refractivity contribution in [3.8, 4) is 0 Å². The molecule has 2 rings (SSSR count). The SMILES string of the molecule is CC(C)(C)C(=O)OCC1OC(OCc2ccccc2)C(OC(=O)CCl)C(OC(=O)C(C)(C)C)C1O. The summed E-state index contributed by atoms with van der Waals surface area (Å²) in [5, 5.41) is 11.0. The summed E-state index contributed by atoms with van der Waals surface area (Å²) in [7, 11) is 0. The Balaban J connectivity index is 2.33. The van der Waals surface area contributed by atoms with Crippen molar-refractivity contribution >= 4 is 29.5 Å². The van der Waals surface area contributed by atoms with E-state index in [1.54, 1.807) is 41.5 Å². The zero-order valence-electron chi connectivity index (χ0n) is 21.0. The van der Waals surface area contributed by atoms with Crippen molar-refractivity contribution in [1.29, 1.82) is 0 Å². The molecular formula is C25H35ClO9. The van der Waals surface area contributed by atoms with Crippen LogP contribution in [0.2, 0.25) is 0 Å². The molecule has 1 aromatic rings. The molecule has 1 aliphatic heterocycles. The van der Waals surface area contributed by atoms with Gasteiger partial charge in [-0.3, -0.25) is 14.4 Å². The van der Waals surface area contributed by atoms with Crippen LogP contribution in [0.5, 0.6) is 0 Å². The molecule has 5 atom stereocenters. The molecule has 196 valence electrons. The fraction of sp³-hybridized carbons (Fsp3) is 0.640. The van der Waals surface area contributed by atoms with Gasteiger partial charge >= 0.3 is 17.9 Å². The number of halogens is 1. The van der Waals surface area contributed by atoms with Gasteiger partial charge < -0.3 is 28.8 Å². The second-order valence-corrected chi connectivity index (χ2v) is 10.7. The van der Waals surface area contributed by atoms with E-state index >= 15 is 0 Å². The lowest BCUT2D eigenvalue weighted by Crippen LogP contribution is -2.62. The molecule has 0 spiro atoms. The third-order valence-electron chi connectivity index (χ3n) is 5.10. The van der Waals surface area contributed by atoms with E-state index in [9.17, 15) is 19.5 Å². The molecule has 1 saturated heterocycles. The number of hydrogen-bond acceptors (Lipinski definition) is 9. The number of hydrogen-bond donors (Lipinski definition) is 1. The molecule has 0 aromatic heterocycles. The monoisotopic (exact) mass is 514 g/mol. The fourth-order valence-corrected chi connectivity index (χ4v) is 3.10. The molecule has 9 nitrogen and oxygen atoms in total. The first-order valence-corrected chi connectivity index (χ1v) is 11.9. The number of carbonyl (C=O) groups excluding carboxylic acids is 3. The van der Waals surface area contributed by atoms with Gasteiger partial charge in [0.1, 0.15) is 24.7 Å². The first-order chi connectivity index (χ1) is 16.2. The normalized spacial score (nSPS) is 25.0. The number of aliphatic hydroxyl groups is 1. The maximum Gasteiger partial charge on any atom is 0.321 e. The van der Waals surface area contributed by atoms with Gasteiger partial charge in [-0.2, -0.15) is 0 Å². The van der Waals surface area contributed by atoms with Crippen molar-refractivity contribution < 1.29 is 43.2 Å². The van der Waals surface area contributed by atoms with Crippen LogP contribution in [0.4, 0.5) is 0 Å². The predicted molar refractivity (Wildman–Crippen MR) is 126 cm³/mol. The van der Waals surface area contributed by atoms with Gasteiger partial charge in [-0.25, -0.2) is 0 Å². The van der Waals surface area contributed by atoms with Crippen LogP contribution < -0.4 is 0 Å². The highest BCUT2D eigenvalue weighted by atomic mass is 35.5. The van der Waals surface area contributed by atoms with Gasteiger partial charge in [0.15, 0.2) is 18.5 Å². The molecule has 5 unspecified atom stereocenters. The van der Waals surface area contributed by atoms with Gasteiger partial charge in [-0.15, -0.1) is 11.6 Å². The molecule has 0 aliphatic carbocycles. The Kier molecular flexibility index (Phi) is 10.1. The zero-order chi connectivity index (χ0) is 26.4. The van der Waals surface area contributed by atoms with E-state index in [-0.39, 0.29) is 13.2 Å². The Morgan fingerprint density at radius 1 is 0.943 bits per heavy atom. The summed E-state index contributed by atoms with van der Waals surface area (Å²) in [6.07, 6.45) is -6.53. The molecule has 1 N–H and O–H groups in total. The topological polar surface area (TPSA) is 118 Å². The maximum atomic E-state index is 12.7. The van der Waals surface area contributed by atoms with E-state index in [0.29, 0.717) is 0 Å². The average molecular weight is 515 g/mol. The lowest BCUT2D eigenvalue weighted by molar-refractivity contribution is -0.310. The fourth-order valence-electron chi connectivity index (χ4n) is 3.03. The molecule has 1 aliphatic rings. The quantitative estimate of drug-likeness (QED) is 0.317. The molecule has 0 amide bonds. The third kappa shape index (κ3) is 8.45. The summed E-state index contributed by atoms with van der Waals surface area (Å²) in [5.74, 6) is -2.42. The van der Waals surface area contributed by atoms with Crippen LogP contribution in [-0.2, 0) is 44.7 Å². The number of benzene rings is 1. The standard InChI is InChI=1S/C25H35ClO9/c1-24(2,3)22(29)32-14-16-18(28)19(35-23(30)25(4,5)6)20(34-17(27)12-26)21(33-16)31-13-15-10-8-7-9-11-15/h7-11,16,18-21,28H,12-14H2,1-6H3. The minimum atomic E-state index is -1.49. The maximum absolute atomic E-state index is 12.7. The zero-order valence-corrected chi connectivity index (χ0v) is 21.7. The van der Waals surface area contributed by atoms with E-state index in [4.69, 9.17) is 35.3 Å². The van der Waals surface area contributed by atoms with Gasteiger partial charge in [0.05, 0.1) is 17.4 Å². The molecule has 1 aromatic carbocycles. The number of esters is 3. The van der Waals surface area contributed by atoms with E-state index in [1.165, 1.54) is 0 Å². The van der Waals surface area contributed by atoms with E-state index < -0.39 is 65.3 Å². The Bertz CT molecular complexity index is 860. The molecule has 35 heavy (non-hydrogen) atoms. The Labute approximate surface area is 211 Å². The first-order valence-electron chi connectivity index (χ1n) is 11.4. The summed E-state index contributed by atoms with van der Waals surface area (Å²) in [6, 6.07) is 9.17. The minimum Gasteiger partial charge on any atom is -0.462 e. The van der Waals surface area contributed by atoms with Crippen LogP contribution in [0, 0.1) is 10.8 Å². The van der Waals surface area contributed by atoms with E-state index in [1.807, 2.05) is 30.3 Å². The van der Waals surface area contributed by atoms with Gasteiger partial charge in [0.25, 0.3) is 0 Å². The Morgan fingerprint density at radius 3 is 2.09 bits per heavy atom. The van der Waals surface area contributed by atoms with Gasteiger partial charge in [-0.05, 0) is 47.1 Å². The van der Waals surface area contributed by atoms with Crippen molar-refractivity contribution in [2.45, 2.75) is 78.9 Å². The molecule has 1 fully saturated rings. The largest absolute Gasteiger partial charge is 0.462 e. The summed E-state index contributed by atoms with van der Waals surface area (Å²) in [6.45, 7) is 9.75. The number of aliphatic hydroxyl groups excluding tert-OH is 1. The van der Waals surface area contributed by atoms with Crippen LogP contribution >= 0.6 is 11.6 Å². The summed E-state index contributed by atoms with van der Waals surface area (Å²) in [5.41, 5.74) is -0.879. The van der Waals surface area contributed by atoms with Crippen LogP contribution in [0.3, 0.4) is 0 Å². The summed E-state index contributed by atoms with van der Waals surface area (Å²) in [4.78, 5) is 37.1. The Hall–Kier alpha value is -2.20. The lowest BCUT2D eigenvalue weighted by atomic mass is 9.95. The highest BCUT2D eigenvalue weighted by Gasteiger charge is 2.51. The number of alkyl halides is 1. The summed E-state index contributed by atoms with van der Waals surface area (Å²) < 4.78 is 28.1. The van der Waals surface area contributed by atoms with Crippen LogP contribution in [-0.4, -0.2) is 66.2 Å². The molecule has 0 saturated carbocycles. The van der Waals surface area contributed by atoms with Crippen molar-refractivity contribution in [3.63, 3.8) is 0 Å². The minimum absolute atomic E-state index is 0.0744. The predicted octanol–water partition coefficient (Wildman–Crippen LogP) is 2.99. The van der Waals surface area contributed by atoms with Crippen LogP contribution in [0.1, 0.15) is 47.1 Å². The molecule has 10 heteroatoms. The molecular weight excluding hydrogens is 480 g/mol. The van der Waals surface area contributed by atoms with Crippen molar-refractivity contribution in [3.05, 3.63) is 35.9 Å². The van der Waals surface area contributed by atoms with Crippen molar-refractivity contribution in [2.75, 3.05) is 12.5 Å². The van der Waals surface area contributed by atoms with Crippen molar-refractivity contribution in [2.24, 2.45) is 10.8 Å². The smallest absolute Gasteiger partial charge is 0.321 e. The number of rotatable bonds is 8. The lowest BCUT2D eigenvalue weighted by Gasteiger charge is -2.43. The number of carbonyl (C=O) groups is 3. The van der Waals surface area contributed by atoms with E-state index in [0.717, 1.165) is 5.56 Å². The van der Waals surface area contributed by atoms with Gasteiger partial charge in [0, 0.05) is 0 Å². The van der Waals surface area contributed by atoms with Crippen LogP contribution in [0.25, 0.3) is 0 Å². The highest BCUT2D eigenvalue weighted by molar-refractivity contribution is 6.26. The van der Waals surface area contributed by atoms with E-state index in [2.05, 4.69) is 0 Å². The second-order valence-electron chi connectivity index (χ2n) is 10.4. The van der Waals surface area contributed by atoms with Gasteiger partial charge in [-0.1, -0.05) is 30.3 Å². The summed E-state index contributed by atoms with van der Waals surface area (Å²) >= 11 is 5.63. The van der Waals surface area contributed by atoms with Crippen LogP contribution in [0.15, 0.2) is 30.3 Å². The average Bonchev–Trinajstić information content (AvgIpc) is 2.78. The van der Waals surface area contributed by atoms with Gasteiger partial charge in [0.2, 0.25) is 0 Å². The molecule has 0 radical (unpaired) electrons. The van der Waals surface area contributed by atoms with Crippen molar-refractivity contribution in [1.82, 2.24) is 0 Å². The Morgan fingerprint density at radius 2 is 1.54 bits per heavy atom. The molecule has 1 heterocycles. The number of ether oxygens (including phenoxy) is 5. The second kappa shape index (κ2) is 12.2.